The lowest BCUT2D eigenvalue weighted by atomic mass is 9.95. The van der Waals surface area contributed by atoms with E-state index in [1.807, 2.05) is 30.3 Å². The number of hydrogen-bond donors (Lipinski definition) is 1. The van der Waals surface area contributed by atoms with Crippen LogP contribution in [0.25, 0.3) is 10.1 Å². The van der Waals surface area contributed by atoms with Crippen LogP contribution < -0.4 is 0 Å². The van der Waals surface area contributed by atoms with Gasteiger partial charge in [0.1, 0.15) is 6.10 Å². The van der Waals surface area contributed by atoms with Crippen molar-refractivity contribution in [3.63, 3.8) is 0 Å². The van der Waals surface area contributed by atoms with Gasteiger partial charge >= 0.3 is 0 Å². The molecule has 3 rings (SSSR count). The van der Waals surface area contributed by atoms with Crippen LogP contribution in [0.2, 0.25) is 0 Å². The zero-order valence-electron chi connectivity index (χ0n) is 10.8. The van der Waals surface area contributed by atoms with Gasteiger partial charge in [0.05, 0.1) is 0 Å². The summed E-state index contributed by atoms with van der Waals surface area (Å²) >= 11 is 1.69. The standard InChI is InChI=1S/C17H16OS/c1-2-12-6-3-4-8-14(12)16(18)15-9-5-7-13-10-11-19-17(13)15/h3-11,16,18H,2H2,1H3. The van der Waals surface area contributed by atoms with E-state index in [1.54, 1.807) is 11.3 Å². The largest absolute Gasteiger partial charge is 0.384 e. The van der Waals surface area contributed by atoms with Gasteiger partial charge in [-0.25, -0.2) is 0 Å². The molecule has 0 saturated carbocycles. The van der Waals surface area contributed by atoms with Crippen LogP contribution in [0.5, 0.6) is 0 Å². The Morgan fingerprint density at radius 1 is 1.00 bits per heavy atom. The lowest BCUT2D eigenvalue weighted by molar-refractivity contribution is 0.221. The number of aryl methyl sites for hydroxylation is 1. The van der Waals surface area contributed by atoms with Crippen molar-refractivity contribution in [2.75, 3.05) is 0 Å². The van der Waals surface area contributed by atoms with Gasteiger partial charge in [-0.05, 0) is 34.4 Å². The average Bonchev–Trinajstić information content (AvgIpc) is 2.94. The van der Waals surface area contributed by atoms with Gasteiger partial charge in [-0.1, -0.05) is 49.4 Å². The normalized spacial score (nSPS) is 12.7. The lowest BCUT2D eigenvalue weighted by Gasteiger charge is -2.16. The first-order valence-corrected chi connectivity index (χ1v) is 7.41. The highest BCUT2D eigenvalue weighted by Gasteiger charge is 2.16. The maximum Gasteiger partial charge on any atom is 0.106 e. The van der Waals surface area contributed by atoms with Crippen LogP contribution in [0, 0.1) is 0 Å². The molecule has 1 heterocycles. The third-order valence-corrected chi connectivity index (χ3v) is 4.51. The average molecular weight is 268 g/mol. The number of hydrogen-bond acceptors (Lipinski definition) is 2. The van der Waals surface area contributed by atoms with E-state index in [0.29, 0.717) is 0 Å². The summed E-state index contributed by atoms with van der Waals surface area (Å²) in [4.78, 5) is 0. The first-order valence-electron chi connectivity index (χ1n) is 6.53. The number of aliphatic hydroxyl groups excluding tert-OH is 1. The monoisotopic (exact) mass is 268 g/mol. The summed E-state index contributed by atoms with van der Waals surface area (Å²) in [5.74, 6) is 0. The summed E-state index contributed by atoms with van der Waals surface area (Å²) in [6, 6.07) is 16.4. The van der Waals surface area contributed by atoms with Gasteiger partial charge in [0.15, 0.2) is 0 Å². The second kappa shape index (κ2) is 5.16. The van der Waals surface area contributed by atoms with E-state index < -0.39 is 6.10 Å². The number of fused-ring (bicyclic) bond motifs is 1. The smallest absolute Gasteiger partial charge is 0.106 e. The minimum Gasteiger partial charge on any atom is -0.384 e. The molecule has 0 bridgehead atoms. The Labute approximate surface area is 117 Å². The summed E-state index contributed by atoms with van der Waals surface area (Å²) in [6.45, 7) is 2.12. The van der Waals surface area contributed by atoms with Gasteiger partial charge in [0.2, 0.25) is 0 Å². The summed E-state index contributed by atoms with van der Waals surface area (Å²) in [7, 11) is 0. The van der Waals surface area contributed by atoms with Crippen molar-refractivity contribution in [1.82, 2.24) is 0 Å². The molecule has 1 unspecified atom stereocenters. The van der Waals surface area contributed by atoms with E-state index >= 15 is 0 Å². The van der Waals surface area contributed by atoms with Gasteiger partial charge in [-0.3, -0.25) is 0 Å². The Morgan fingerprint density at radius 3 is 2.63 bits per heavy atom. The predicted molar refractivity (Wildman–Crippen MR) is 81.7 cm³/mol. The number of thiophene rings is 1. The Hall–Kier alpha value is -1.64. The van der Waals surface area contributed by atoms with E-state index in [1.165, 1.54) is 15.6 Å². The Morgan fingerprint density at radius 2 is 1.79 bits per heavy atom. The summed E-state index contributed by atoms with van der Waals surface area (Å²) in [5.41, 5.74) is 3.24. The number of benzene rings is 2. The van der Waals surface area contributed by atoms with Crippen molar-refractivity contribution in [3.8, 4) is 0 Å². The molecule has 19 heavy (non-hydrogen) atoms. The second-order valence-electron chi connectivity index (χ2n) is 4.64. The maximum atomic E-state index is 10.7. The Bertz CT molecular complexity index is 699. The summed E-state index contributed by atoms with van der Waals surface area (Å²) in [6.07, 6.45) is 0.395. The van der Waals surface area contributed by atoms with E-state index in [-0.39, 0.29) is 0 Å². The number of rotatable bonds is 3. The number of aliphatic hydroxyl groups is 1. The molecular formula is C17H16OS. The van der Waals surface area contributed by atoms with Gasteiger partial charge in [0, 0.05) is 10.3 Å². The van der Waals surface area contributed by atoms with Crippen LogP contribution in [0.1, 0.15) is 29.7 Å². The molecule has 1 aromatic heterocycles. The van der Waals surface area contributed by atoms with Gasteiger partial charge in [-0.2, -0.15) is 0 Å². The SMILES string of the molecule is CCc1ccccc1C(O)c1cccc2ccsc12. The summed E-state index contributed by atoms with van der Waals surface area (Å²) < 4.78 is 1.18. The molecule has 2 heteroatoms. The molecule has 0 spiro atoms. The van der Waals surface area contributed by atoms with Crippen LogP contribution in [0.3, 0.4) is 0 Å². The molecule has 1 N–H and O–H groups in total. The van der Waals surface area contributed by atoms with Crippen molar-refractivity contribution in [2.45, 2.75) is 19.4 Å². The van der Waals surface area contributed by atoms with E-state index in [9.17, 15) is 5.11 Å². The fraction of sp³-hybridized carbons (Fsp3) is 0.176. The predicted octanol–water partition coefficient (Wildman–Crippen LogP) is 4.55. The van der Waals surface area contributed by atoms with Crippen molar-refractivity contribution in [3.05, 3.63) is 70.6 Å². The molecular weight excluding hydrogens is 252 g/mol. The van der Waals surface area contributed by atoms with Gasteiger partial charge < -0.3 is 5.11 Å². The molecule has 1 atom stereocenters. The van der Waals surface area contributed by atoms with Crippen molar-refractivity contribution >= 4 is 21.4 Å². The zero-order valence-corrected chi connectivity index (χ0v) is 11.7. The fourth-order valence-corrected chi connectivity index (χ4v) is 3.46. The minimum absolute atomic E-state index is 0.543. The van der Waals surface area contributed by atoms with Crippen molar-refractivity contribution < 1.29 is 5.11 Å². The third kappa shape index (κ3) is 2.18. The maximum absolute atomic E-state index is 10.7. The molecule has 0 aliphatic carbocycles. The Balaban J connectivity index is 2.13. The second-order valence-corrected chi connectivity index (χ2v) is 5.56. The van der Waals surface area contributed by atoms with Gasteiger partial charge in [-0.15, -0.1) is 11.3 Å². The fourth-order valence-electron chi connectivity index (χ4n) is 2.52. The molecule has 0 radical (unpaired) electrons. The topological polar surface area (TPSA) is 20.2 Å². The third-order valence-electron chi connectivity index (χ3n) is 3.53. The molecule has 0 amide bonds. The quantitative estimate of drug-likeness (QED) is 0.739. The molecule has 0 aliphatic heterocycles. The molecule has 96 valence electrons. The van der Waals surface area contributed by atoms with Crippen LogP contribution in [-0.2, 0) is 6.42 Å². The van der Waals surface area contributed by atoms with Crippen LogP contribution in [0.15, 0.2) is 53.9 Å². The molecule has 2 aromatic carbocycles. The summed E-state index contributed by atoms with van der Waals surface area (Å²) in [5, 5.41) is 14.0. The Kier molecular flexibility index (Phi) is 3.36. The van der Waals surface area contributed by atoms with Crippen LogP contribution in [-0.4, -0.2) is 5.11 Å². The van der Waals surface area contributed by atoms with Crippen LogP contribution >= 0.6 is 11.3 Å². The highest BCUT2D eigenvalue weighted by molar-refractivity contribution is 7.17. The van der Waals surface area contributed by atoms with E-state index in [2.05, 4.69) is 30.5 Å². The lowest BCUT2D eigenvalue weighted by Crippen LogP contribution is -2.03. The molecule has 0 aliphatic rings. The first-order chi connectivity index (χ1) is 9.31. The molecule has 0 saturated heterocycles. The van der Waals surface area contributed by atoms with Gasteiger partial charge in [0.25, 0.3) is 0 Å². The van der Waals surface area contributed by atoms with E-state index in [0.717, 1.165) is 17.5 Å². The molecule has 3 aromatic rings. The molecule has 0 fully saturated rings. The highest BCUT2D eigenvalue weighted by atomic mass is 32.1. The zero-order chi connectivity index (χ0) is 13.2. The van der Waals surface area contributed by atoms with E-state index in [4.69, 9.17) is 0 Å². The highest BCUT2D eigenvalue weighted by Crippen LogP contribution is 2.33. The molecule has 1 nitrogen and oxygen atoms in total. The first kappa shape index (κ1) is 12.4. The van der Waals surface area contributed by atoms with Crippen molar-refractivity contribution in [2.24, 2.45) is 0 Å². The minimum atomic E-state index is -0.543. The van der Waals surface area contributed by atoms with Crippen molar-refractivity contribution in [1.29, 1.82) is 0 Å². The van der Waals surface area contributed by atoms with Crippen LogP contribution in [0.4, 0.5) is 0 Å².